The molecule has 150 valence electrons. The molecule has 0 spiro atoms. The van der Waals surface area contributed by atoms with Crippen molar-refractivity contribution in [3.05, 3.63) is 0 Å². The normalized spacial score (nSPS) is 32.5. The van der Waals surface area contributed by atoms with Crippen LogP contribution in [0.25, 0.3) is 0 Å². The van der Waals surface area contributed by atoms with E-state index in [2.05, 4.69) is 10.2 Å². The Kier molecular flexibility index (Phi) is 7.10. The molecule has 4 rings (SSSR count). The van der Waals surface area contributed by atoms with E-state index in [1.165, 1.54) is 19.3 Å². The molecule has 1 aliphatic carbocycles. The van der Waals surface area contributed by atoms with Crippen LogP contribution in [0.3, 0.4) is 0 Å². The van der Waals surface area contributed by atoms with Crippen LogP contribution >= 0.6 is 24.0 Å². The van der Waals surface area contributed by atoms with Crippen molar-refractivity contribution in [2.24, 2.45) is 22.7 Å². The summed E-state index contributed by atoms with van der Waals surface area (Å²) in [4.78, 5) is 7.31. The number of sulfone groups is 1. The molecule has 1 saturated carbocycles. The standard InChI is InChI=1S/C18H31N3O3S.HI/c22-25(23)10-6-14(13-25)11-19-18(20-17-4-8-24-9-5-17)21-7-3-16(12-21)15-1-2-15;/h14-17H,1-13H2,(H,19,20);1H. The maximum absolute atomic E-state index is 11.7. The zero-order valence-corrected chi connectivity index (χ0v) is 18.6. The Labute approximate surface area is 174 Å². The third-order valence-corrected chi connectivity index (χ3v) is 8.03. The number of rotatable bonds is 4. The van der Waals surface area contributed by atoms with Gasteiger partial charge in [0.25, 0.3) is 0 Å². The largest absolute Gasteiger partial charge is 0.381 e. The van der Waals surface area contributed by atoms with Gasteiger partial charge < -0.3 is 15.0 Å². The van der Waals surface area contributed by atoms with Gasteiger partial charge >= 0.3 is 0 Å². The van der Waals surface area contributed by atoms with Crippen molar-refractivity contribution in [3.8, 4) is 0 Å². The van der Waals surface area contributed by atoms with E-state index in [1.54, 1.807) is 0 Å². The second-order valence-corrected chi connectivity index (χ2v) is 10.5. The van der Waals surface area contributed by atoms with Crippen molar-refractivity contribution < 1.29 is 13.2 Å². The molecule has 4 fully saturated rings. The molecule has 0 radical (unpaired) electrons. The minimum absolute atomic E-state index is 0. The molecule has 3 saturated heterocycles. The summed E-state index contributed by atoms with van der Waals surface area (Å²) in [7, 11) is -2.82. The zero-order chi connectivity index (χ0) is 17.3. The van der Waals surface area contributed by atoms with Gasteiger partial charge in [-0.2, -0.15) is 0 Å². The van der Waals surface area contributed by atoms with E-state index in [0.717, 1.165) is 63.4 Å². The van der Waals surface area contributed by atoms with Crippen LogP contribution in [0.2, 0.25) is 0 Å². The molecule has 2 unspecified atom stereocenters. The Morgan fingerprint density at radius 3 is 2.50 bits per heavy atom. The van der Waals surface area contributed by atoms with E-state index < -0.39 is 9.84 Å². The molecule has 1 N–H and O–H groups in total. The lowest BCUT2D eigenvalue weighted by molar-refractivity contribution is 0.0816. The van der Waals surface area contributed by atoms with E-state index >= 15 is 0 Å². The van der Waals surface area contributed by atoms with Gasteiger partial charge in [0.1, 0.15) is 0 Å². The number of nitrogens with zero attached hydrogens (tertiary/aromatic N) is 2. The summed E-state index contributed by atoms with van der Waals surface area (Å²) >= 11 is 0. The van der Waals surface area contributed by atoms with Gasteiger partial charge in [-0.15, -0.1) is 24.0 Å². The monoisotopic (exact) mass is 497 g/mol. The average molecular weight is 497 g/mol. The van der Waals surface area contributed by atoms with Gasteiger partial charge in [0.15, 0.2) is 15.8 Å². The molecule has 2 atom stereocenters. The highest BCUT2D eigenvalue weighted by molar-refractivity contribution is 14.0. The molecule has 0 bridgehead atoms. The fourth-order valence-corrected chi connectivity index (χ4v) is 6.27. The van der Waals surface area contributed by atoms with Crippen molar-refractivity contribution in [2.75, 3.05) is 44.4 Å². The molecule has 6 nitrogen and oxygen atoms in total. The Balaban J connectivity index is 0.00000196. The van der Waals surface area contributed by atoms with Gasteiger partial charge in [0.2, 0.25) is 0 Å². The van der Waals surface area contributed by atoms with E-state index in [0.29, 0.717) is 24.1 Å². The lowest BCUT2D eigenvalue weighted by Gasteiger charge is -2.29. The summed E-state index contributed by atoms with van der Waals surface area (Å²) in [6, 6.07) is 0.430. The van der Waals surface area contributed by atoms with E-state index in [9.17, 15) is 8.42 Å². The molecule has 0 aromatic carbocycles. The van der Waals surface area contributed by atoms with Crippen molar-refractivity contribution in [1.29, 1.82) is 0 Å². The summed E-state index contributed by atoms with van der Waals surface area (Å²) in [6.45, 7) is 4.46. The van der Waals surface area contributed by atoms with Crippen molar-refractivity contribution >= 4 is 39.8 Å². The first-order chi connectivity index (χ1) is 12.1. The van der Waals surface area contributed by atoms with Crippen molar-refractivity contribution in [1.82, 2.24) is 10.2 Å². The summed E-state index contributed by atoms with van der Waals surface area (Å²) in [5.41, 5.74) is 0. The Morgan fingerprint density at radius 1 is 1.08 bits per heavy atom. The maximum Gasteiger partial charge on any atom is 0.194 e. The van der Waals surface area contributed by atoms with Crippen LogP contribution in [-0.2, 0) is 14.6 Å². The van der Waals surface area contributed by atoms with E-state index in [4.69, 9.17) is 9.73 Å². The highest BCUT2D eigenvalue weighted by Crippen LogP contribution is 2.41. The Morgan fingerprint density at radius 2 is 1.85 bits per heavy atom. The second kappa shape index (κ2) is 8.94. The van der Waals surface area contributed by atoms with Crippen molar-refractivity contribution in [3.63, 3.8) is 0 Å². The fourth-order valence-electron chi connectivity index (χ4n) is 4.43. The molecule has 4 aliphatic rings. The molecule has 0 amide bonds. The van der Waals surface area contributed by atoms with Gasteiger partial charge in [-0.3, -0.25) is 4.99 Å². The molecule has 8 heteroatoms. The second-order valence-electron chi connectivity index (χ2n) is 8.30. The number of hydrogen-bond donors (Lipinski definition) is 1. The van der Waals surface area contributed by atoms with Gasteiger partial charge in [0, 0.05) is 38.9 Å². The number of aliphatic imine (C=N–C) groups is 1. The minimum atomic E-state index is -2.82. The number of ether oxygens (including phenoxy) is 1. The molecular formula is C18H32IN3O3S. The van der Waals surface area contributed by atoms with Crippen LogP contribution in [0.15, 0.2) is 4.99 Å². The molecular weight excluding hydrogens is 465 g/mol. The topological polar surface area (TPSA) is 71.0 Å². The molecule has 3 aliphatic heterocycles. The van der Waals surface area contributed by atoms with Crippen LogP contribution in [0.1, 0.15) is 38.5 Å². The lowest BCUT2D eigenvalue weighted by atomic mass is 10.0. The van der Waals surface area contributed by atoms with Crippen LogP contribution in [0.4, 0.5) is 0 Å². The van der Waals surface area contributed by atoms with E-state index in [-0.39, 0.29) is 29.9 Å². The highest BCUT2D eigenvalue weighted by Gasteiger charge is 2.37. The zero-order valence-electron chi connectivity index (χ0n) is 15.4. The van der Waals surface area contributed by atoms with E-state index in [1.807, 2.05) is 0 Å². The maximum atomic E-state index is 11.7. The number of guanidine groups is 1. The first-order valence-corrected chi connectivity index (χ1v) is 11.8. The summed E-state index contributed by atoms with van der Waals surface area (Å²) in [5, 5.41) is 3.67. The molecule has 0 aromatic rings. The third kappa shape index (κ3) is 5.47. The van der Waals surface area contributed by atoms with Crippen molar-refractivity contribution in [2.45, 2.75) is 44.6 Å². The third-order valence-electron chi connectivity index (χ3n) is 6.19. The number of hydrogen-bond acceptors (Lipinski definition) is 4. The summed E-state index contributed by atoms with van der Waals surface area (Å²) in [6.07, 6.45) is 6.89. The van der Waals surface area contributed by atoms with Crippen LogP contribution in [-0.4, -0.2) is 69.7 Å². The van der Waals surface area contributed by atoms with Gasteiger partial charge in [-0.25, -0.2) is 8.42 Å². The number of halogens is 1. The highest BCUT2D eigenvalue weighted by atomic mass is 127. The quantitative estimate of drug-likeness (QED) is 0.365. The minimum Gasteiger partial charge on any atom is -0.381 e. The number of likely N-dealkylation sites (tertiary alicyclic amines) is 1. The molecule has 3 heterocycles. The predicted octanol–water partition coefficient (Wildman–Crippen LogP) is 1.90. The Hall–Kier alpha value is -0.0900. The average Bonchev–Trinajstić information content (AvgIpc) is 3.23. The van der Waals surface area contributed by atoms with Crippen LogP contribution < -0.4 is 5.32 Å². The summed E-state index contributed by atoms with van der Waals surface area (Å²) < 4.78 is 28.9. The summed E-state index contributed by atoms with van der Waals surface area (Å²) in [5.74, 6) is 3.62. The van der Waals surface area contributed by atoms with Gasteiger partial charge in [-0.1, -0.05) is 0 Å². The lowest BCUT2D eigenvalue weighted by Crippen LogP contribution is -2.47. The van der Waals surface area contributed by atoms with Crippen LogP contribution in [0, 0.1) is 17.8 Å². The SMILES string of the molecule is I.O=S1(=O)CCC(CN=C(NC2CCOCC2)N2CCC(C3CC3)C2)C1. The fraction of sp³-hybridized carbons (Fsp3) is 0.944. The first-order valence-electron chi connectivity index (χ1n) is 9.93. The number of nitrogens with one attached hydrogen (secondary N) is 1. The molecule has 26 heavy (non-hydrogen) atoms. The predicted molar refractivity (Wildman–Crippen MR) is 114 cm³/mol. The first kappa shape index (κ1) is 20.6. The van der Waals surface area contributed by atoms with Gasteiger partial charge in [0.05, 0.1) is 11.5 Å². The van der Waals surface area contributed by atoms with Gasteiger partial charge in [-0.05, 0) is 56.3 Å². The smallest absolute Gasteiger partial charge is 0.194 e. The van der Waals surface area contributed by atoms with Crippen LogP contribution in [0.5, 0.6) is 0 Å². The molecule has 0 aromatic heterocycles. The Bertz CT molecular complexity index is 603.